The predicted octanol–water partition coefficient (Wildman–Crippen LogP) is 8.48. The maximum Gasteiger partial charge on any atom is 0.0620 e. The molecule has 0 saturated heterocycles. The average Bonchev–Trinajstić information content (AvgIpc) is 2.83. The summed E-state index contributed by atoms with van der Waals surface area (Å²) >= 11 is 0. The summed E-state index contributed by atoms with van der Waals surface area (Å²) in [5.41, 5.74) is 0. The molecule has 3 N–H and O–H groups in total. The SMILES string of the molecule is CCCCCCCCCCCCCCCCCCCCCCCC/C=C/C(CO)NCCO. The van der Waals surface area contributed by atoms with Gasteiger partial charge in [-0.2, -0.15) is 0 Å². The first kappa shape index (κ1) is 32.6. The minimum Gasteiger partial charge on any atom is -0.395 e. The lowest BCUT2D eigenvalue weighted by atomic mass is 10.0. The van der Waals surface area contributed by atoms with Crippen LogP contribution in [-0.2, 0) is 0 Å². The number of hydrogen-bond donors (Lipinski definition) is 3. The van der Waals surface area contributed by atoms with Crippen molar-refractivity contribution in [1.82, 2.24) is 5.32 Å². The fourth-order valence-electron chi connectivity index (χ4n) is 4.57. The molecule has 0 aliphatic rings. The van der Waals surface area contributed by atoms with E-state index < -0.39 is 0 Å². The number of unbranched alkanes of at least 4 members (excludes halogenated alkanes) is 22. The highest BCUT2D eigenvalue weighted by Gasteiger charge is 2.00. The smallest absolute Gasteiger partial charge is 0.0620 e. The Morgan fingerprint density at radius 1 is 0.545 bits per heavy atom. The molecule has 0 aliphatic carbocycles. The van der Waals surface area contributed by atoms with Gasteiger partial charge in [0.05, 0.1) is 13.2 Å². The van der Waals surface area contributed by atoms with Gasteiger partial charge in [-0.1, -0.05) is 154 Å². The zero-order valence-electron chi connectivity index (χ0n) is 22.5. The van der Waals surface area contributed by atoms with Gasteiger partial charge in [0.2, 0.25) is 0 Å². The number of allylic oxidation sites excluding steroid dienone is 1. The summed E-state index contributed by atoms with van der Waals surface area (Å²) in [6.45, 7) is 3.04. The molecule has 0 radical (unpaired) electrons. The van der Waals surface area contributed by atoms with Gasteiger partial charge in [0, 0.05) is 12.6 Å². The van der Waals surface area contributed by atoms with Crippen molar-refractivity contribution in [3.63, 3.8) is 0 Å². The molecule has 3 heteroatoms. The van der Waals surface area contributed by atoms with Gasteiger partial charge in [-0.05, 0) is 12.8 Å². The molecule has 3 nitrogen and oxygen atoms in total. The Morgan fingerprint density at radius 2 is 0.909 bits per heavy atom. The first-order valence-electron chi connectivity index (χ1n) is 15.0. The van der Waals surface area contributed by atoms with Gasteiger partial charge in [0.15, 0.2) is 0 Å². The Morgan fingerprint density at radius 3 is 1.24 bits per heavy atom. The zero-order chi connectivity index (χ0) is 24.1. The molecule has 0 rings (SSSR count). The van der Waals surface area contributed by atoms with E-state index in [-0.39, 0.29) is 19.3 Å². The van der Waals surface area contributed by atoms with E-state index in [1.165, 1.54) is 141 Å². The van der Waals surface area contributed by atoms with Crippen molar-refractivity contribution in [1.29, 1.82) is 0 Å². The van der Waals surface area contributed by atoms with E-state index in [1.807, 2.05) is 6.08 Å². The molecular formula is C30H61NO2. The third-order valence-corrected chi connectivity index (χ3v) is 6.81. The van der Waals surface area contributed by atoms with Gasteiger partial charge in [0.1, 0.15) is 0 Å². The van der Waals surface area contributed by atoms with Crippen LogP contribution in [0.3, 0.4) is 0 Å². The van der Waals surface area contributed by atoms with Crippen molar-refractivity contribution in [2.45, 2.75) is 161 Å². The molecule has 0 fully saturated rings. The molecule has 1 unspecified atom stereocenters. The lowest BCUT2D eigenvalue weighted by Gasteiger charge is -2.10. The summed E-state index contributed by atoms with van der Waals surface area (Å²) in [5, 5.41) is 21.1. The first-order chi connectivity index (χ1) is 16.3. The molecule has 0 aromatic heterocycles. The second-order valence-corrected chi connectivity index (χ2v) is 10.1. The highest BCUT2D eigenvalue weighted by Crippen LogP contribution is 2.15. The molecule has 0 spiro atoms. The van der Waals surface area contributed by atoms with Gasteiger partial charge in [-0.25, -0.2) is 0 Å². The fraction of sp³-hybridized carbons (Fsp3) is 0.933. The second kappa shape index (κ2) is 29.7. The second-order valence-electron chi connectivity index (χ2n) is 10.1. The van der Waals surface area contributed by atoms with E-state index in [2.05, 4.69) is 18.3 Å². The van der Waals surface area contributed by atoms with Crippen LogP contribution in [0.25, 0.3) is 0 Å². The van der Waals surface area contributed by atoms with Gasteiger partial charge in [-0.3, -0.25) is 0 Å². The first-order valence-corrected chi connectivity index (χ1v) is 15.0. The van der Waals surface area contributed by atoms with Crippen LogP contribution in [0.4, 0.5) is 0 Å². The zero-order valence-corrected chi connectivity index (χ0v) is 22.5. The number of nitrogens with one attached hydrogen (secondary N) is 1. The van der Waals surface area contributed by atoms with E-state index in [4.69, 9.17) is 5.11 Å². The normalized spacial score (nSPS) is 12.7. The summed E-state index contributed by atoms with van der Waals surface area (Å²) in [5.74, 6) is 0. The highest BCUT2D eigenvalue weighted by atomic mass is 16.3. The quantitative estimate of drug-likeness (QED) is 0.0798. The van der Waals surface area contributed by atoms with E-state index in [0.29, 0.717) is 6.54 Å². The lowest BCUT2D eigenvalue weighted by Crippen LogP contribution is -2.32. The summed E-state index contributed by atoms with van der Waals surface area (Å²) in [6, 6.07) is -0.0168. The average molecular weight is 468 g/mol. The minimum absolute atomic E-state index is 0.0168. The molecule has 1 atom stereocenters. The largest absolute Gasteiger partial charge is 0.395 e. The predicted molar refractivity (Wildman–Crippen MR) is 147 cm³/mol. The summed E-state index contributed by atoms with van der Waals surface area (Å²) < 4.78 is 0. The molecule has 0 bridgehead atoms. The van der Waals surface area contributed by atoms with E-state index >= 15 is 0 Å². The van der Waals surface area contributed by atoms with Crippen LogP contribution in [0, 0.1) is 0 Å². The van der Waals surface area contributed by atoms with Gasteiger partial charge in [-0.15, -0.1) is 0 Å². The molecule has 0 aromatic carbocycles. The molecule has 0 heterocycles. The number of rotatable bonds is 28. The third-order valence-electron chi connectivity index (χ3n) is 6.81. The Bertz CT molecular complexity index is 372. The standard InChI is InChI=1S/C30H61NO2/c1-2-3-4-5-6-7-8-9-10-11-12-13-14-15-16-17-18-19-20-21-22-23-24-25-26-30(29-33)31-27-28-32/h25-26,30-33H,2-24,27-29H2,1H3/b26-25+. The van der Waals surface area contributed by atoms with Crippen LogP contribution in [0.5, 0.6) is 0 Å². The van der Waals surface area contributed by atoms with E-state index in [9.17, 15) is 5.11 Å². The van der Waals surface area contributed by atoms with Gasteiger partial charge >= 0.3 is 0 Å². The van der Waals surface area contributed by atoms with Crippen molar-refractivity contribution < 1.29 is 10.2 Å². The van der Waals surface area contributed by atoms with Crippen molar-refractivity contribution in [3.8, 4) is 0 Å². The molecule has 0 aromatic rings. The van der Waals surface area contributed by atoms with Crippen molar-refractivity contribution >= 4 is 0 Å². The van der Waals surface area contributed by atoms with Crippen molar-refractivity contribution in [2.24, 2.45) is 0 Å². The van der Waals surface area contributed by atoms with Gasteiger partial charge in [0.25, 0.3) is 0 Å². The van der Waals surface area contributed by atoms with Gasteiger partial charge < -0.3 is 15.5 Å². The molecular weight excluding hydrogens is 406 g/mol. The summed E-state index contributed by atoms with van der Waals surface area (Å²) in [6.07, 6.45) is 36.7. The Kier molecular flexibility index (Phi) is 29.3. The summed E-state index contributed by atoms with van der Waals surface area (Å²) in [4.78, 5) is 0. The highest BCUT2D eigenvalue weighted by molar-refractivity contribution is 4.92. The number of aliphatic hydroxyl groups excluding tert-OH is 2. The summed E-state index contributed by atoms with van der Waals surface area (Å²) in [7, 11) is 0. The van der Waals surface area contributed by atoms with Crippen LogP contribution in [-0.4, -0.2) is 36.0 Å². The molecule has 33 heavy (non-hydrogen) atoms. The van der Waals surface area contributed by atoms with Crippen LogP contribution in [0.1, 0.15) is 155 Å². The number of hydrogen-bond acceptors (Lipinski definition) is 3. The topological polar surface area (TPSA) is 52.5 Å². The number of aliphatic hydroxyl groups is 2. The monoisotopic (exact) mass is 467 g/mol. The Balaban J connectivity index is 3.14. The minimum atomic E-state index is -0.0168. The van der Waals surface area contributed by atoms with E-state index in [1.54, 1.807) is 0 Å². The lowest BCUT2D eigenvalue weighted by molar-refractivity contribution is 0.244. The van der Waals surface area contributed by atoms with Crippen LogP contribution < -0.4 is 5.32 Å². The molecule has 0 saturated carbocycles. The molecule has 0 amide bonds. The van der Waals surface area contributed by atoms with Crippen LogP contribution in [0.15, 0.2) is 12.2 Å². The van der Waals surface area contributed by atoms with Crippen molar-refractivity contribution in [3.05, 3.63) is 12.2 Å². The molecule has 198 valence electrons. The maximum absolute atomic E-state index is 9.24. The van der Waals surface area contributed by atoms with E-state index in [0.717, 1.165) is 6.42 Å². The van der Waals surface area contributed by atoms with Crippen LogP contribution >= 0.6 is 0 Å². The Labute approximate surface area is 208 Å². The maximum atomic E-state index is 9.24. The third kappa shape index (κ3) is 27.7. The van der Waals surface area contributed by atoms with Crippen molar-refractivity contribution in [2.75, 3.05) is 19.8 Å². The van der Waals surface area contributed by atoms with Crippen LogP contribution in [0.2, 0.25) is 0 Å². The molecule has 0 aliphatic heterocycles. The Hall–Kier alpha value is -0.380. The fourth-order valence-corrected chi connectivity index (χ4v) is 4.57.